The van der Waals surface area contributed by atoms with E-state index in [1.807, 2.05) is 0 Å². The van der Waals surface area contributed by atoms with E-state index in [-0.39, 0.29) is 30.3 Å². The molecule has 2 aliphatic heterocycles. The Kier molecular flexibility index (Phi) is 3.52. The third kappa shape index (κ3) is 2.31. The lowest BCUT2D eigenvalue weighted by molar-refractivity contribution is -0.133. The van der Waals surface area contributed by atoms with E-state index >= 15 is 0 Å². The van der Waals surface area contributed by atoms with Crippen LogP contribution in [0.25, 0.3) is 0 Å². The van der Waals surface area contributed by atoms with Crippen molar-refractivity contribution >= 4 is 17.2 Å². The molecule has 2 saturated heterocycles. The smallest absolute Gasteiger partial charge is 0.241 e. The highest BCUT2D eigenvalue weighted by atomic mass is 32.1. The number of nitrogens with zero attached hydrogens (tertiary/aromatic N) is 1. The molecule has 21 heavy (non-hydrogen) atoms. The molecule has 4 atom stereocenters. The Morgan fingerprint density at radius 1 is 1.43 bits per heavy atom. The van der Waals surface area contributed by atoms with Crippen LogP contribution < -0.4 is 5.32 Å². The van der Waals surface area contributed by atoms with Gasteiger partial charge in [0.2, 0.25) is 5.91 Å². The lowest BCUT2D eigenvalue weighted by Crippen LogP contribution is -2.45. The second kappa shape index (κ2) is 5.38. The van der Waals surface area contributed by atoms with Gasteiger partial charge in [0.05, 0.1) is 18.2 Å². The summed E-state index contributed by atoms with van der Waals surface area (Å²) >= 11 is 1.73. The van der Waals surface area contributed by atoms with Crippen LogP contribution in [-0.2, 0) is 9.53 Å². The van der Waals surface area contributed by atoms with Gasteiger partial charge in [-0.05, 0) is 43.0 Å². The summed E-state index contributed by atoms with van der Waals surface area (Å²) in [6.45, 7) is 2.87. The number of carbonyl (C=O) groups excluding carboxylic acids is 1. The molecule has 4 rings (SSSR count). The molecule has 0 radical (unpaired) electrons. The minimum absolute atomic E-state index is 0.0374. The number of thiophene rings is 1. The molecule has 0 bridgehead atoms. The van der Waals surface area contributed by atoms with Gasteiger partial charge in [0.25, 0.3) is 0 Å². The first-order chi connectivity index (χ1) is 10.3. The third-order valence-corrected chi connectivity index (χ3v) is 5.88. The molecular weight excluding hydrogens is 284 g/mol. The number of nitrogens with one attached hydrogen (secondary N) is 1. The van der Waals surface area contributed by atoms with Crippen LogP contribution >= 0.6 is 11.3 Å². The fourth-order valence-electron chi connectivity index (χ4n) is 3.74. The van der Waals surface area contributed by atoms with E-state index in [0.717, 1.165) is 19.4 Å². The van der Waals surface area contributed by atoms with Crippen molar-refractivity contribution in [3.63, 3.8) is 0 Å². The number of hydrogen-bond donors (Lipinski definition) is 1. The molecule has 3 aliphatic rings. The lowest BCUT2D eigenvalue weighted by atomic mass is 10.0. The van der Waals surface area contributed by atoms with E-state index < -0.39 is 0 Å². The van der Waals surface area contributed by atoms with Gasteiger partial charge in [-0.15, -0.1) is 11.3 Å². The van der Waals surface area contributed by atoms with Gasteiger partial charge in [0, 0.05) is 11.5 Å². The van der Waals surface area contributed by atoms with Crippen LogP contribution in [0.4, 0.5) is 0 Å². The Morgan fingerprint density at radius 3 is 2.95 bits per heavy atom. The van der Waals surface area contributed by atoms with E-state index in [1.54, 1.807) is 11.3 Å². The summed E-state index contributed by atoms with van der Waals surface area (Å²) < 4.78 is 5.97. The Labute approximate surface area is 129 Å². The molecule has 4 nitrogen and oxygen atoms in total. The van der Waals surface area contributed by atoms with Crippen molar-refractivity contribution in [2.75, 3.05) is 6.61 Å². The van der Waals surface area contributed by atoms with Crippen molar-refractivity contribution in [2.45, 2.75) is 57.0 Å². The van der Waals surface area contributed by atoms with Crippen molar-refractivity contribution in [2.24, 2.45) is 5.92 Å². The van der Waals surface area contributed by atoms with Crippen molar-refractivity contribution < 1.29 is 9.53 Å². The summed E-state index contributed by atoms with van der Waals surface area (Å²) in [6, 6.07) is 4.40. The van der Waals surface area contributed by atoms with Gasteiger partial charge in [-0.2, -0.15) is 0 Å². The average molecular weight is 306 g/mol. The number of ether oxygens (including phenoxy) is 1. The first kappa shape index (κ1) is 13.7. The fourth-order valence-corrected chi connectivity index (χ4v) is 4.52. The molecule has 0 aromatic carbocycles. The van der Waals surface area contributed by atoms with Crippen molar-refractivity contribution in [3.8, 4) is 0 Å². The van der Waals surface area contributed by atoms with E-state index in [4.69, 9.17) is 4.74 Å². The summed E-state index contributed by atoms with van der Waals surface area (Å²) in [4.78, 5) is 16.2. The Hall–Kier alpha value is -0.910. The highest BCUT2D eigenvalue weighted by Gasteiger charge is 2.50. The maximum Gasteiger partial charge on any atom is 0.241 e. The average Bonchev–Trinajstić information content (AvgIpc) is 2.94. The van der Waals surface area contributed by atoms with Crippen molar-refractivity contribution in [1.29, 1.82) is 0 Å². The maximum atomic E-state index is 12.8. The van der Waals surface area contributed by atoms with E-state index in [2.05, 4.69) is 34.7 Å². The molecule has 1 aromatic heterocycles. The summed E-state index contributed by atoms with van der Waals surface area (Å²) in [5, 5.41) is 5.62. The summed E-state index contributed by atoms with van der Waals surface area (Å²) in [6.07, 6.45) is 4.64. The first-order valence-corrected chi connectivity index (χ1v) is 8.90. The molecule has 4 unspecified atom stereocenters. The van der Waals surface area contributed by atoms with Gasteiger partial charge in [-0.1, -0.05) is 13.0 Å². The fraction of sp³-hybridized carbons (Fsp3) is 0.688. The standard InChI is InChI=1S/C16H22N2O2S/c1-2-11-16(19)18(15(17-11)13-4-3-9-21-13)12-7-8-20-14(12)10-5-6-10/h3-4,9-12,14-15,17H,2,5-8H2,1H3. The van der Waals surface area contributed by atoms with Crippen LogP contribution in [0, 0.1) is 5.92 Å². The minimum Gasteiger partial charge on any atom is -0.376 e. The topological polar surface area (TPSA) is 41.6 Å². The molecule has 1 aromatic rings. The minimum atomic E-state index is -0.0439. The molecule has 5 heteroatoms. The Balaban J connectivity index is 1.64. The third-order valence-electron chi connectivity index (χ3n) is 4.96. The number of rotatable bonds is 4. The van der Waals surface area contributed by atoms with Gasteiger partial charge in [0.1, 0.15) is 6.17 Å². The summed E-state index contributed by atoms with van der Waals surface area (Å²) in [5.74, 6) is 0.937. The maximum absolute atomic E-state index is 12.8. The zero-order valence-electron chi connectivity index (χ0n) is 12.3. The van der Waals surface area contributed by atoms with Crippen LogP contribution in [0.2, 0.25) is 0 Å². The highest BCUT2D eigenvalue weighted by molar-refractivity contribution is 7.10. The first-order valence-electron chi connectivity index (χ1n) is 8.03. The summed E-state index contributed by atoms with van der Waals surface area (Å²) in [5.41, 5.74) is 0. The number of amides is 1. The normalized spacial score (nSPS) is 36.6. The van der Waals surface area contributed by atoms with Crippen LogP contribution in [0.15, 0.2) is 17.5 Å². The SMILES string of the molecule is CCC1NC(c2cccs2)N(C2CCOC2C2CC2)C1=O. The lowest BCUT2D eigenvalue weighted by Gasteiger charge is -2.32. The monoisotopic (exact) mass is 306 g/mol. The highest BCUT2D eigenvalue weighted by Crippen LogP contribution is 2.43. The van der Waals surface area contributed by atoms with Crippen LogP contribution in [0.3, 0.4) is 0 Å². The molecule has 1 amide bonds. The van der Waals surface area contributed by atoms with E-state index in [1.165, 1.54) is 17.7 Å². The molecule has 3 heterocycles. The van der Waals surface area contributed by atoms with Gasteiger partial charge in [0.15, 0.2) is 0 Å². The van der Waals surface area contributed by atoms with Crippen LogP contribution in [0.5, 0.6) is 0 Å². The molecule has 0 spiro atoms. The molecule has 3 fully saturated rings. The molecule has 1 N–H and O–H groups in total. The molecule has 1 saturated carbocycles. The van der Waals surface area contributed by atoms with Gasteiger partial charge >= 0.3 is 0 Å². The second-order valence-corrected chi connectivity index (χ2v) is 7.30. The quantitative estimate of drug-likeness (QED) is 0.929. The van der Waals surface area contributed by atoms with Crippen LogP contribution in [-0.4, -0.2) is 35.6 Å². The number of hydrogen-bond acceptors (Lipinski definition) is 4. The molecule has 1 aliphatic carbocycles. The predicted octanol–water partition coefficient (Wildman–Crippen LogP) is 2.52. The van der Waals surface area contributed by atoms with Crippen LogP contribution in [0.1, 0.15) is 43.6 Å². The Bertz CT molecular complexity index is 514. The van der Waals surface area contributed by atoms with E-state index in [0.29, 0.717) is 5.92 Å². The molecular formula is C16H22N2O2S. The number of carbonyl (C=O) groups is 1. The second-order valence-electron chi connectivity index (χ2n) is 6.32. The van der Waals surface area contributed by atoms with Gasteiger partial charge in [-0.3, -0.25) is 10.1 Å². The Morgan fingerprint density at radius 2 is 2.29 bits per heavy atom. The van der Waals surface area contributed by atoms with Gasteiger partial charge < -0.3 is 9.64 Å². The summed E-state index contributed by atoms with van der Waals surface area (Å²) in [7, 11) is 0. The van der Waals surface area contributed by atoms with Gasteiger partial charge in [-0.25, -0.2) is 0 Å². The zero-order chi connectivity index (χ0) is 14.4. The molecule has 114 valence electrons. The largest absolute Gasteiger partial charge is 0.376 e. The van der Waals surface area contributed by atoms with Crippen molar-refractivity contribution in [1.82, 2.24) is 10.2 Å². The van der Waals surface area contributed by atoms with E-state index in [9.17, 15) is 4.79 Å². The van der Waals surface area contributed by atoms with Crippen molar-refractivity contribution in [3.05, 3.63) is 22.4 Å². The predicted molar refractivity (Wildman–Crippen MR) is 82.0 cm³/mol. The zero-order valence-corrected chi connectivity index (χ0v) is 13.1.